The second kappa shape index (κ2) is 15.4. The summed E-state index contributed by atoms with van der Waals surface area (Å²) in [5.74, 6) is 0.616. The van der Waals surface area contributed by atoms with Crippen LogP contribution in [0, 0.1) is 5.41 Å². The highest BCUT2D eigenvalue weighted by Crippen LogP contribution is 2.35. The van der Waals surface area contributed by atoms with E-state index in [1.54, 1.807) is 64.6 Å². The van der Waals surface area contributed by atoms with Crippen molar-refractivity contribution in [3.63, 3.8) is 0 Å². The molecule has 0 aliphatic carbocycles. The van der Waals surface area contributed by atoms with Crippen LogP contribution in [-0.4, -0.2) is 59.4 Å². The summed E-state index contributed by atoms with van der Waals surface area (Å²) in [6.07, 6.45) is -1.64. The van der Waals surface area contributed by atoms with Gasteiger partial charge in [0.1, 0.15) is 22.7 Å². The van der Waals surface area contributed by atoms with Crippen LogP contribution >= 0.6 is 11.6 Å². The number of anilines is 1. The van der Waals surface area contributed by atoms with Crippen molar-refractivity contribution < 1.29 is 33.3 Å². The molecule has 12 heteroatoms. The minimum Gasteiger partial charge on any atom is -0.493 e. The Bertz CT molecular complexity index is 1620. The van der Waals surface area contributed by atoms with Crippen molar-refractivity contribution in [2.24, 2.45) is 0 Å². The molecule has 1 heterocycles. The average molecular weight is 679 g/mol. The summed E-state index contributed by atoms with van der Waals surface area (Å²) < 4.78 is 22.7. The van der Waals surface area contributed by atoms with E-state index in [2.05, 4.69) is 5.32 Å². The van der Waals surface area contributed by atoms with Gasteiger partial charge in [0.2, 0.25) is 5.96 Å². The number of carbonyl (C=O) groups is 3. The third kappa shape index (κ3) is 10.6. The lowest BCUT2D eigenvalue weighted by Gasteiger charge is -2.34. The zero-order valence-corrected chi connectivity index (χ0v) is 28.9. The van der Waals surface area contributed by atoms with E-state index in [1.165, 1.54) is 0 Å². The number of benzene rings is 3. The maximum absolute atomic E-state index is 13.5. The maximum atomic E-state index is 13.5. The Labute approximate surface area is 286 Å². The third-order valence-electron chi connectivity index (χ3n) is 6.90. The largest absolute Gasteiger partial charge is 0.493 e. The first kappa shape index (κ1) is 36.1. The van der Waals surface area contributed by atoms with Gasteiger partial charge in [-0.1, -0.05) is 48.0 Å². The maximum Gasteiger partial charge on any atom is 0.417 e. The predicted molar refractivity (Wildman–Crippen MR) is 184 cm³/mol. The number of hydrogen-bond acceptors (Lipinski definition) is 8. The van der Waals surface area contributed by atoms with E-state index in [0.29, 0.717) is 41.6 Å². The van der Waals surface area contributed by atoms with E-state index in [9.17, 15) is 14.4 Å². The van der Waals surface area contributed by atoms with Crippen LogP contribution < -0.4 is 19.7 Å². The van der Waals surface area contributed by atoms with Crippen molar-refractivity contribution in [3.8, 4) is 11.5 Å². The lowest BCUT2D eigenvalue weighted by molar-refractivity contribution is -0.127. The number of nitrogens with zero attached hydrogens (tertiary/aromatic N) is 2. The van der Waals surface area contributed by atoms with Gasteiger partial charge in [-0.25, -0.2) is 14.5 Å². The minimum atomic E-state index is -0.846. The molecule has 1 unspecified atom stereocenters. The zero-order valence-electron chi connectivity index (χ0n) is 28.2. The van der Waals surface area contributed by atoms with Gasteiger partial charge in [-0.2, -0.15) is 0 Å². The molecule has 0 saturated carbocycles. The molecule has 3 aromatic carbocycles. The summed E-state index contributed by atoms with van der Waals surface area (Å²) in [6.45, 7) is 10.9. The number of guanidine groups is 1. The zero-order chi connectivity index (χ0) is 35.1. The molecular formula is C36H43ClN4O7. The normalized spacial score (nSPS) is 14.4. The van der Waals surface area contributed by atoms with Crippen LogP contribution in [0.4, 0.5) is 15.3 Å². The number of amides is 3. The highest BCUT2D eigenvalue weighted by Gasteiger charge is 2.34. The molecule has 3 aromatic rings. The van der Waals surface area contributed by atoms with Crippen molar-refractivity contribution in [3.05, 3.63) is 88.9 Å². The van der Waals surface area contributed by atoms with E-state index in [0.717, 1.165) is 16.0 Å². The van der Waals surface area contributed by atoms with Gasteiger partial charge in [-0.05, 0) is 95.5 Å². The molecular weight excluding hydrogens is 636 g/mol. The molecule has 11 nitrogen and oxygen atoms in total. The standard InChI is InChI=1S/C36H43ClN4O7/c1-35(2,3)47-33(43)39-32(38)40(34(44)48-36(4,5)6)20-18-24-14-16-27(17-15-24)45-21-19-30-31(42)41(23-25-10-9-11-26(37)22-25)28-12-7-8-13-29(28)46-30/h7-17,22,30H,18-21,23H2,1-6H3,(H2,38,39,43). The number of alkyl carbamates (subject to hydrolysis) is 1. The van der Waals surface area contributed by atoms with E-state index in [4.69, 9.17) is 36.0 Å². The molecule has 0 aromatic heterocycles. The summed E-state index contributed by atoms with van der Waals surface area (Å²) in [7, 11) is 0. The van der Waals surface area contributed by atoms with E-state index >= 15 is 0 Å². The summed E-state index contributed by atoms with van der Waals surface area (Å²) in [4.78, 5) is 41.5. The smallest absolute Gasteiger partial charge is 0.417 e. The van der Waals surface area contributed by atoms with Gasteiger partial charge in [0, 0.05) is 18.0 Å². The lowest BCUT2D eigenvalue weighted by atomic mass is 10.1. The van der Waals surface area contributed by atoms with Crippen LogP contribution in [0.3, 0.4) is 0 Å². The predicted octanol–water partition coefficient (Wildman–Crippen LogP) is 7.34. The number of para-hydroxylation sites is 2. The third-order valence-corrected chi connectivity index (χ3v) is 7.13. The Morgan fingerprint density at radius 1 is 0.938 bits per heavy atom. The van der Waals surface area contributed by atoms with Gasteiger partial charge >= 0.3 is 12.2 Å². The van der Waals surface area contributed by atoms with Crippen LogP contribution in [-0.2, 0) is 27.2 Å². The Hall–Kier alpha value is -4.77. The molecule has 0 radical (unpaired) electrons. The molecule has 0 fully saturated rings. The number of ether oxygens (including phenoxy) is 4. The van der Waals surface area contributed by atoms with Crippen LogP contribution in [0.1, 0.15) is 59.1 Å². The molecule has 256 valence electrons. The van der Waals surface area contributed by atoms with Gasteiger partial charge in [-0.15, -0.1) is 0 Å². The van der Waals surface area contributed by atoms with Crippen molar-refractivity contribution in [1.29, 1.82) is 5.41 Å². The summed E-state index contributed by atoms with van der Waals surface area (Å²) >= 11 is 6.18. The summed E-state index contributed by atoms with van der Waals surface area (Å²) in [5.41, 5.74) is 0.906. The first-order chi connectivity index (χ1) is 22.6. The quantitative estimate of drug-likeness (QED) is 0.179. The van der Waals surface area contributed by atoms with Gasteiger partial charge in [0.15, 0.2) is 6.10 Å². The Kier molecular flexibility index (Phi) is 11.6. The molecule has 0 saturated heterocycles. The molecule has 3 amide bonds. The molecule has 1 aliphatic heterocycles. The number of fused-ring (bicyclic) bond motifs is 1. The number of rotatable bonds is 9. The van der Waals surface area contributed by atoms with Crippen molar-refractivity contribution in [1.82, 2.24) is 10.2 Å². The SMILES string of the molecule is CC(C)(C)OC(=O)NC(=N)N(CCc1ccc(OCCC2Oc3ccccc3N(Cc3cccc(Cl)c3)C2=O)cc1)C(=O)OC(C)(C)C. The van der Waals surface area contributed by atoms with Gasteiger partial charge in [0.25, 0.3) is 5.91 Å². The van der Waals surface area contributed by atoms with Crippen LogP contribution in [0.15, 0.2) is 72.8 Å². The molecule has 2 N–H and O–H groups in total. The first-order valence-corrected chi connectivity index (χ1v) is 16.1. The number of nitrogens with one attached hydrogen (secondary N) is 2. The number of halogens is 1. The van der Waals surface area contributed by atoms with E-state index in [1.807, 2.05) is 54.6 Å². The Balaban J connectivity index is 1.34. The number of hydrogen-bond donors (Lipinski definition) is 2. The number of carbonyl (C=O) groups excluding carboxylic acids is 3. The van der Waals surface area contributed by atoms with Crippen molar-refractivity contribution in [2.45, 2.75) is 78.2 Å². The summed E-state index contributed by atoms with van der Waals surface area (Å²) in [6, 6.07) is 22.1. The fourth-order valence-corrected chi connectivity index (χ4v) is 5.01. The van der Waals surface area contributed by atoms with Crippen LogP contribution in [0.25, 0.3) is 0 Å². The molecule has 4 rings (SSSR count). The van der Waals surface area contributed by atoms with Gasteiger partial charge < -0.3 is 23.8 Å². The van der Waals surface area contributed by atoms with Crippen molar-refractivity contribution >= 4 is 41.3 Å². The lowest BCUT2D eigenvalue weighted by Crippen LogP contribution is -2.50. The molecule has 0 bridgehead atoms. The first-order valence-electron chi connectivity index (χ1n) is 15.7. The Morgan fingerprint density at radius 2 is 1.62 bits per heavy atom. The monoisotopic (exact) mass is 678 g/mol. The second-order valence-corrected chi connectivity index (χ2v) is 13.7. The van der Waals surface area contributed by atoms with Gasteiger partial charge in [-0.3, -0.25) is 15.5 Å². The molecule has 1 atom stereocenters. The highest BCUT2D eigenvalue weighted by molar-refractivity contribution is 6.30. The van der Waals surface area contributed by atoms with Gasteiger partial charge in [0.05, 0.1) is 18.8 Å². The van der Waals surface area contributed by atoms with E-state index < -0.39 is 35.5 Å². The minimum absolute atomic E-state index is 0.0675. The second-order valence-electron chi connectivity index (χ2n) is 13.3. The van der Waals surface area contributed by atoms with E-state index in [-0.39, 0.29) is 19.1 Å². The van der Waals surface area contributed by atoms with Crippen LogP contribution in [0.5, 0.6) is 11.5 Å². The summed E-state index contributed by atoms with van der Waals surface area (Å²) in [5, 5.41) is 11.3. The fraction of sp³-hybridized carbons (Fsp3) is 0.389. The van der Waals surface area contributed by atoms with Crippen LogP contribution in [0.2, 0.25) is 5.02 Å². The molecule has 1 aliphatic rings. The topological polar surface area (TPSA) is 130 Å². The molecule has 48 heavy (non-hydrogen) atoms. The molecule has 0 spiro atoms. The van der Waals surface area contributed by atoms with Crippen molar-refractivity contribution in [2.75, 3.05) is 18.1 Å². The Morgan fingerprint density at radius 3 is 2.29 bits per heavy atom. The fourth-order valence-electron chi connectivity index (χ4n) is 4.80. The highest BCUT2D eigenvalue weighted by atomic mass is 35.5. The average Bonchev–Trinajstić information content (AvgIpc) is 2.98.